The number of aromatic nitrogens is 2. The predicted octanol–water partition coefficient (Wildman–Crippen LogP) is 7.90. The van der Waals surface area contributed by atoms with E-state index in [1.807, 2.05) is 6.07 Å². The van der Waals surface area contributed by atoms with Crippen molar-refractivity contribution >= 4 is 23.8 Å². The van der Waals surface area contributed by atoms with E-state index in [1.165, 1.54) is 115 Å². The minimum Gasteiger partial charge on any atom is -0.299 e. The quantitative estimate of drug-likeness (QED) is 0.219. The van der Waals surface area contributed by atoms with Crippen molar-refractivity contribution < 1.29 is 4.79 Å². The molecule has 5 rings (SSSR count). The van der Waals surface area contributed by atoms with E-state index in [0.717, 1.165) is 29.0 Å². The molecule has 1 aromatic heterocycles. The van der Waals surface area contributed by atoms with Crippen molar-refractivity contribution in [3.05, 3.63) is 44.5 Å². The number of aromatic amines is 2. The molecule has 0 amide bonds. The Morgan fingerprint density at radius 2 is 1.18 bits per heavy atom. The molecule has 5 nitrogen and oxygen atoms in total. The van der Waals surface area contributed by atoms with Gasteiger partial charge in [0.1, 0.15) is 5.78 Å². The Hall–Kier alpha value is -1.74. The fourth-order valence-electron chi connectivity index (χ4n) is 8.66. The van der Waals surface area contributed by atoms with Gasteiger partial charge in [-0.2, -0.15) is 0 Å². The van der Waals surface area contributed by atoms with Gasteiger partial charge < -0.3 is 0 Å². The Labute approximate surface area is 234 Å². The minimum absolute atomic E-state index is 0.239. The molecule has 2 N–H and O–H groups in total. The number of carbonyl (C=O) groups is 1. The van der Waals surface area contributed by atoms with Crippen LogP contribution in [-0.4, -0.2) is 39.1 Å². The van der Waals surface area contributed by atoms with Crippen molar-refractivity contribution in [1.29, 1.82) is 0 Å². The average Bonchev–Trinajstić information content (AvgIpc) is 2.98. The number of carbonyl (C=O) groups excluding carboxylic acids is 1. The molecule has 0 saturated heterocycles. The standard InChI is InChI=1S/C33H49N2O3P/c36-26(23-25-20-21-30-31(24-25)33(38)35-34-32(30)37)13-5-4-12-22-39(27-14-6-1-7-15-27,28-16-8-2-9-17-28)29-18-10-3-11-19-29/h20-21,24,27-29H,1-19,22-23H2,(H-,34,35,37,38)/p+1. The number of Topliss-reactive ketones (excluding diaryl/α,β-unsaturated/α-hetero) is 1. The number of H-pyrrole nitrogens is 2. The summed E-state index contributed by atoms with van der Waals surface area (Å²) in [5.74, 6) is 0.239. The first-order chi connectivity index (χ1) is 19.1. The molecule has 0 radical (unpaired) electrons. The van der Waals surface area contributed by atoms with E-state index in [4.69, 9.17) is 0 Å². The first-order valence-electron chi connectivity index (χ1n) is 16.2. The van der Waals surface area contributed by atoms with Crippen LogP contribution in [0.3, 0.4) is 0 Å². The summed E-state index contributed by atoms with van der Waals surface area (Å²) in [6.45, 7) is 0. The molecule has 0 atom stereocenters. The molecular formula is C33H50N2O3P+. The van der Waals surface area contributed by atoms with Crippen molar-refractivity contribution in [2.45, 2.75) is 145 Å². The third kappa shape index (κ3) is 6.77. The summed E-state index contributed by atoms with van der Waals surface area (Å²) < 4.78 is 0. The smallest absolute Gasteiger partial charge is 0.270 e. The SMILES string of the molecule is O=C(CCCCC[P+](C1CCCCC1)(C1CCCCC1)C1CCCCC1)Cc1ccc2c(=O)[nH][nH]c(=O)c2c1. The average molecular weight is 554 g/mol. The van der Waals surface area contributed by atoms with E-state index in [9.17, 15) is 14.4 Å². The second-order valence-electron chi connectivity index (χ2n) is 12.9. The van der Waals surface area contributed by atoms with E-state index in [0.29, 0.717) is 23.6 Å². The number of nitrogens with one attached hydrogen (secondary N) is 2. The summed E-state index contributed by atoms with van der Waals surface area (Å²) in [5, 5.41) is 5.47. The van der Waals surface area contributed by atoms with Crippen LogP contribution < -0.4 is 11.1 Å². The molecule has 0 unspecified atom stereocenters. The van der Waals surface area contributed by atoms with Gasteiger partial charge >= 0.3 is 0 Å². The summed E-state index contributed by atoms with van der Waals surface area (Å²) in [6, 6.07) is 5.18. The number of hydrogen-bond acceptors (Lipinski definition) is 3. The van der Waals surface area contributed by atoms with Gasteiger partial charge in [-0.05, 0) is 114 Å². The van der Waals surface area contributed by atoms with Crippen LogP contribution in [0.25, 0.3) is 10.8 Å². The molecule has 1 aromatic carbocycles. The minimum atomic E-state index is -1.02. The van der Waals surface area contributed by atoms with Gasteiger partial charge in [0.2, 0.25) is 0 Å². The highest BCUT2D eigenvalue weighted by Gasteiger charge is 2.56. The van der Waals surface area contributed by atoms with Crippen LogP contribution in [-0.2, 0) is 11.2 Å². The van der Waals surface area contributed by atoms with E-state index < -0.39 is 7.26 Å². The predicted molar refractivity (Wildman–Crippen MR) is 165 cm³/mol. The van der Waals surface area contributed by atoms with E-state index in [-0.39, 0.29) is 16.9 Å². The van der Waals surface area contributed by atoms with Crippen LogP contribution in [0.4, 0.5) is 0 Å². The van der Waals surface area contributed by atoms with Crippen molar-refractivity contribution in [3.63, 3.8) is 0 Å². The first kappa shape index (κ1) is 28.8. The fraction of sp³-hybridized carbons (Fsp3) is 0.727. The molecule has 3 aliphatic carbocycles. The molecule has 3 fully saturated rings. The van der Waals surface area contributed by atoms with E-state index in [1.54, 1.807) is 12.1 Å². The zero-order chi connectivity index (χ0) is 27.1. The number of benzene rings is 1. The monoisotopic (exact) mass is 553 g/mol. The lowest BCUT2D eigenvalue weighted by molar-refractivity contribution is -0.118. The zero-order valence-electron chi connectivity index (χ0n) is 24.0. The number of ketones is 1. The topological polar surface area (TPSA) is 82.8 Å². The summed E-state index contributed by atoms with van der Waals surface area (Å²) in [7, 11) is -1.02. The molecule has 6 heteroatoms. The third-order valence-corrected chi connectivity index (χ3v) is 17.2. The molecule has 0 spiro atoms. The van der Waals surface area contributed by atoms with Gasteiger partial charge in [-0.1, -0.05) is 25.3 Å². The van der Waals surface area contributed by atoms with Crippen molar-refractivity contribution in [1.82, 2.24) is 10.2 Å². The summed E-state index contributed by atoms with van der Waals surface area (Å²) in [5.41, 5.74) is 3.32. The van der Waals surface area contributed by atoms with Gasteiger partial charge in [-0.3, -0.25) is 24.6 Å². The van der Waals surface area contributed by atoms with Crippen molar-refractivity contribution in [2.75, 3.05) is 6.16 Å². The Morgan fingerprint density at radius 3 is 1.72 bits per heavy atom. The van der Waals surface area contributed by atoms with Gasteiger partial charge in [0, 0.05) is 20.1 Å². The first-order valence-corrected chi connectivity index (χ1v) is 18.4. The summed E-state index contributed by atoms with van der Waals surface area (Å²) in [6.07, 6.45) is 28.2. The van der Waals surface area contributed by atoms with Crippen LogP contribution >= 0.6 is 7.26 Å². The number of fused-ring (bicyclic) bond motifs is 1. The number of unbranched alkanes of at least 4 members (excludes halogenated alkanes) is 2. The maximum absolute atomic E-state index is 12.9. The largest absolute Gasteiger partial charge is 0.299 e. The summed E-state index contributed by atoms with van der Waals surface area (Å²) in [4.78, 5) is 36.9. The van der Waals surface area contributed by atoms with E-state index >= 15 is 0 Å². The lowest BCUT2D eigenvalue weighted by Gasteiger charge is -2.49. The molecular weight excluding hydrogens is 503 g/mol. The van der Waals surface area contributed by atoms with Gasteiger partial charge in [0.25, 0.3) is 11.1 Å². The van der Waals surface area contributed by atoms with Crippen LogP contribution in [0.2, 0.25) is 0 Å². The second kappa shape index (κ2) is 13.7. The maximum Gasteiger partial charge on any atom is 0.270 e. The molecule has 2 aromatic rings. The van der Waals surface area contributed by atoms with Crippen LogP contribution in [0.1, 0.15) is 128 Å². The molecule has 3 aliphatic rings. The Morgan fingerprint density at radius 1 is 0.667 bits per heavy atom. The van der Waals surface area contributed by atoms with Crippen molar-refractivity contribution in [2.24, 2.45) is 0 Å². The Kier molecular flexibility index (Phi) is 10.1. The van der Waals surface area contributed by atoms with Crippen LogP contribution in [0.15, 0.2) is 27.8 Å². The Bertz CT molecular complexity index is 1150. The highest BCUT2D eigenvalue weighted by atomic mass is 31.2. The molecule has 3 saturated carbocycles. The molecule has 0 bridgehead atoms. The van der Waals surface area contributed by atoms with Crippen molar-refractivity contribution in [3.8, 4) is 0 Å². The molecule has 1 heterocycles. The third-order valence-electron chi connectivity index (χ3n) is 10.5. The highest BCUT2D eigenvalue weighted by molar-refractivity contribution is 7.77. The van der Waals surface area contributed by atoms with Gasteiger partial charge in [0.05, 0.1) is 33.9 Å². The fourth-order valence-corrected chi connectivity index (χ4v) is 16.3. The Balaban J connectivity index is 1.20. The summed E-state index contributed by atoms with van der Waals surface area (Å²) >= 11 is 0. The van der Waals surface area contributed by atoms with Gasteiger partial charge in [-0.15, -0.1) is 0 Å². The van der Waals surface area contributed by atoms with Crippen LogP contribution in [0.5, 0.6) is 0 Å². The lowest BCUT2D eigenvalue weighted by Crippen LogP contribution is -2.37. The van der Waals surface area contributed by atoms with E-state index in [2.05, 4.69) is 10.2 Å². The number of rotatable bonds is 11. The molecule has 39 heavy (non-hydrogen) atoms. The molecule has 0 aliphatic heterocycles. The van der Waals surface area contributed by atoms with Gasteiger partial charge in [-0.25, -0.2) is 0 Å². The number of hydrogen-bond donors (Lipinski definition) is 2. The second-order valence-corrected chi connectivity index (χ2v) is 17.5. The highest BCUT2D eigenvalue weighted by Crippen LogP contribution is 2.77. The maximum atomic E-state index is 12.9. The van der Waals surface area contributed by atoms with Gasteiger partial charge in [0.15, 0.2) is 0 Å². The van der Waals surface area contributed by atoms with Crippen LogP contribution in [0, 0.1) is 0 Å². The normalized spacial score (nSPS) is 20.4. The lowest BCUT2D eigenvalue weighted by atomic mass is 9.99. The zero-order valence-corrected chi connectivity index (χ0v) is 24.9. The molecule has 214 valence electrons.